The summed E-state index contributed by atoms with van der Waals surface area (Å²) in [6, 6.07) is 2.14. The lowest BCUT2D eigenvalue weighted by Crippen LogP contribution is -2.37. The molecule has 1 atom stereocenters. The van der Waals surface area contributed by atoms with Crippen LogP contribution >= 0.6 is 0 Å². The van der Waals surface area contributed by atoms with Crippen molar-refractivity contribution in [1.82, 2.24) is 19.9 Å². The molecule has 3 rings (SSSR count). The number of fused-ring (bicyclic) bond motifs is 1. The fourth-order valence-corrected chi connectivity index (χ4v) is 2.59. The van der Waals surface area contributed by atoms with Gasteiger partial charge in [0.15, 0.2) is 5.82 Å². The molecule has 1 saturated heterocycles. The number of rotatable bonds is 2. The second-order valence-electron chi connectivity index (χ2n) is 7.00. The third-order valence-corrected chi connectivity index (χ3v) is 3.95. The van der Waals surface area contributed by atoms with Crippen LogP contribution < -0.4 is 10.6 Å². The van der Waals surface area contributed by atoms with Gasteiger partial charge in [-0.3, -0.25) is 0 Å². The zero-order valence-corrected chi connectivity index (χ0v) is 12.7. The molecule has 1 fully saturated rings. The minimum Gasteiger partial charge on any atom is -0.362 e. The number of nitrogens with zero attached hydrogens (tertiary/aromatic N) is 3. The zero-order chi connectivity index (χ0) is 14.4. The van der Waals surface area contributed by atoms with Crippen molar-refractivity contribution in [3.8, 4) is 0 Å². The average molecular weight is 273 g/mol. The third-order valence-electron chi connectivity index (χ3n) is 3.95. The van der Waals surface area contributed by atoms with Gasteiger partial charge in [0.1, 0.15) is 5.52 Å². The van der Waals surface area contributed by atoms with Crippen LogP contribution in [0.1, 0.15) is 39.8 Å². The lowest BCUT2D eigenvalue weighted by molar-refractivity contribution is 0.561. The van der Waals surface area contributed by atoms with E-state index in [1.54, 1.807) is 6.20 Å². The van der Waals surface area contributed by atoms with Crippen molar-refractivity contribution < 1.29 is 0 Å². The summed E-state index contributed by atoms with van der Waals surface area (Å²) in [5, 5.41) is 11.7. The molecule has 5 heteroatoms. The van der Waals surface area contributed by atoms with Crippen molar-refractivity contribution in [1.29, 1.82) is 0 Å². The lowest BCUT2D eigenvalue weighted by Gasteiger charge is -2.25. The smallest absolute Gasteiger partial charge is 0.152 e. The number of nitrogens with one attached hydrogen (secondary N) is 2. The first kappa shape index (κ1) is 13.4. The number of hydrogen-bond acceptors (Lipinski definition) is 4. The van der Waals surface area contributed by atoms with Crippen molar-refractivity contribution >= 4 is 11.3 Å². The predicted octanol–water partition coefficient (Wildman–Crippen LogP) is 2.19. The lowest BCUT2D eigenvalue weighted by atomic mass is 9.92. The first-order chi connectivity index (χ1) is 9.37. The SMILES string of the molecule is CC1(Nc2nccn3nc(C(C)(C)C)cc23)CCNC1. The topological polar surface area (TPSA) is 54.2 Å². The monoisotopic (exact) mass is 273 g/mol. The van der Waals surface area contributed by atoms with E-state index >= 15 is 0 Å². The standard InChI is InChI=1S/C15H23N5/c1-14(2,3)12-9-11-13(17-7-8-20(11)19-12)18-15(4)5-6-16-10-15/h7-9,16H,5-6,10H2,1-4H3,(H,17,18). The van der Waals surface area contributed by atoms with Crippen LogP contribution in [0.4, 0.5) is 5.82 Å². The number of aromatic nitrogens is 3. The highest BCUT2D eigenvalue weighted by Gasteiger charge is 2.29. The van der Waals surface area contributed by atoms with Crippen LogP contribution in [-0.4, -0.2) is 33.2 Å². The maximum Gasteiger partial charge on any atom is 0.152 e. The van der Waals surface area contributed by atoms with Crippen LogP contribution in [0.2, 0.25) is 0 Å². The fourth-order valence-electron chi connectivity index (χ4n) is 2.59. The molecule has 108 valence electrons. The maximum atomic E-state index is 4.66. The number of anilines is 1. The second kappa shape index (κ2) is 4.45. The summed E-state index contributed by atoms with van der Waals surface area (Å²) in [7, 11) is 0. The summed E-state index contributed by atoms with van der Waals surface area (Å²) in [4.78, 5) is 4.51. The van der Waals surface area contributed by atoms with Gasteiger partial charge >= 0.3 is 0 Å². The van der Waals surface area contributed by atoms with Gasteiger partial charge < -0.3 is 10.6 Å². The Morgan fingerprint density at radius 1 is 1.40 bits per heavy atom. The van der Waals surface area contributed by atoms with Gasteiger partial charge in [-0.25, -0.2) is 9.50 Å². The highest BCUT2D eigenvalue weighted by Crippen LogP contribution is 2.27. The van der Waals surface area contributed by atoms with E-state index in [-0.39, 0.29) is 11.0 Å². The Hall–Kier alpha value is -1.62. The molecular formula is C15H23N5. The van der Waals surface area contributed by atoms with Crippen LogP contribution in [0.3, 0.4) is 0 Å². The molecule has 0 amide bonds. The van der Waals surface area contributed by atoms with Crippen LogP contribution in [0, 0.1) is 0 Å². The van der Waals surface area contributed by atoms with E-state index < -0.39 is 0 Å². The molecule has 0 radical (unpaired) electrons. The molecule has 2 aromatic rings. The molecular weight excluding hydrogens is 250 g/mol. The van der Waals surface area contributed by atoms with Crippen LogP contribution in [0.25, 0.3) is 5.52 Å². The Morgan fingerprint density at radius 3 is 2.85 bits per heavy atom. The summed E-state index contributed by atoms with van der Waals surface area (Å²) in [5.74, 6) is 0.918. The summed E-state index contributed by atoms with van der Waals surface area (Å²) in [6.07, 6.45) is 4.82. The Kier molecular flexibility index (Phi) is 2.97. The van der Waals surface area contributed by atoms with Crippen molar-refractivity contribution in [3.05, 3.63) is 24.2 Å². The summed E-state index contributed by atoms with van der Waals surface area (Å²) in [6.45, 7) is 10.8. The predicted molar refractivity (Wildman–Crippen MR) is 81.2 cm³/mol. The van der Waals surface area contributed by atoms with Crippen molar-refractivity contribution in [2.75, 3.05) is 18.4 Å². The van der Waals surface area contributed by atoms with Gasteiger partial charge in [-0.2, -0.15) is 5.10 Å². The molecule has 5 nitrogen and oxygen atoms in total. The van der Waals surface area contributed by atoms with Gasteiger partial charge in [0, 0.05) is 29.9 Å². The number of hydrogen-bond donors (Lipinski definition) is 2. The molecule has 0 aromatic carbocycles. The first-order valence-corrected chi connectivity index (χ1v) is 7.21. The Bertz CT molecular complexity index is 617. The largest absolute Gasteiger partial charge is 0.362 e. The average Bonchev–Trinajstić information content (AvgIpc) is 2.95. The quantitative estimate of drug-likeness (QED) is 0.880. The van der Waals surface area contributed by atoms with Gasteiger partial charge in [-0.1, -0.05) is 20.8 Å². The minimum atomic E-state index is 0.0438. The van der Waals surface area contributed by atoms with Crippen LogP contribution in [0.5, 0.6) is 0 Å². The highest BCUT2D eigenvalue weighted by molar-refractivity contribution is 5.69. The minimum absolute atomic E-state index is 0.0438. The maximum absolute atomic E-state index is 4.66. The van der Waals surface area contributed by atoms with E-state index in [9.17, 15) is 0 Å². The molecule has 0 saturated carbocycles. The molecule has 1 aliphatic heterocycles. The molecule has 0 bridgehead atoms. The highest BCUT2D eigenvalue weighted by atomic mass is 15.3. The van der Waals surface area contributed by atoms with E-state index in [0.29, 0.717) is 0 Å². The van der Waals surface area contributed by atoms with E-state index in [1.165, 1.54) is 0 Å². The Labute approximate surface area is 119 Å². The molecule has 1 aliphatic rings. The zero-order valence-electron chi connectivity index (χ0n) is 12.7. The first-order valence-electron chi connectivity index (χ1n) is 7.21. The summed E-state index contributed by atoms with van der Waals surface area (Å²) >= 11 is 0. The Morgan fingerprint density at radius 2 is 2.20 bits per heavy atom. The van der Waals surface area contributed by atoms with Crippen molar-refractivity contribution in [3.63, 3.8) is 0 Å². The molecule has 20 heavy (non-hydrogen) atoms. The van der Waals surface area contributed by atoms with Crippen LogP contribution in [-0.2, 0) is 5.41 Å². The molecule has 0 spiro atoms. The van der Waals surface area contributed by atoms with E-state index in [4.69, 9.17) is 0 Å². The van der Waals surface area contributed by atoms with E-state index in [1.807, 2.05) is 10.7 Å². The summed E-state index contributed by atoms with van der Waals surface area (Å²) < 4.78 is 1.92. The van der Waals surface area contributed by atoms with Crippen molar-refractivity contribution in [2.45, 2.75) is 45.1 Å². The van der Waals surface area contributed by atoms with Crippen molar-refractivity contribution in [2.24, 2.45) is 0 Å². The van der Waals surface area contributed by atoms with Gasteiger partial charge in [0.25, 0.3) is 0 Å². The Balaban J connectivity index is 2.01. The summed E-state index contributed by atoms with van der Waals surface area (Å²) in [5.41, 5.74) is 2.25. The second-order valence-corrected chi connectivity index (χ2v) is 7.00. The van der Waals surface area contributed by atoms with Gasteiger partial charge in [0.05, 0.1) is 5.69 Å². The van der Waals surface area contributed by atoms with E-state index in [2.05, 4.69) is 54.5 Å². The van der Waals surface area contributed by atoms with Gasteiger partial charge in [0.2, 0.25) is 0 Å². The van der Waals surface area contributed by atoms with Crippen LogP contribution in [0.15, 0.2) is 18.5 Å². The molecule has 1 unspecified atom stereocenters. The fraction of sp³-hybridized carbons (Fsp3) is 0.600. The molecule has 2 N–H and O–H groups in total. The van der Waals surface area contributed by atoms with E-state index in [0.717, 1.165) is 36.5 Å². The van der Waals surface area contributed by atoms with Gasteiger partial charge in [-0.05, 0) is 26.0 Å². The van der Waals surface area contributed by atoms with Gasteiger partial charge in [-0.15, -0.1) is 0 Å². The molecule has 0 aliphatic carbocycles. The normalized spacial score (nSPS) is 23.4. The molecule has 2 aromatic heterocycles. The third kappa shape index (κ3) is 2.38. The molecule has 3 heterocycles.